The van der Waals surface area contributed by atoms with Crippen LogP contribution in [0.3, 0.4) is 0 Å². The monoisotopic (exact) mass is 309 g/mol. The summed E-state index contributed by atoms with van der Waals surface area (Å²) in [6.45, 7) is 8.35. The summed E-state index contributed by atoms with van der Waals surface area (Å²) in [6, 6.07) is 0. The second-order valence-corrected chi connectivity index (χ2v) is 6.76. The van der Waals surface area contributed by atoms with Gasteiger partial charge < -0.3 is 10.2 Å². The summed E-state index contributed by atoms with van der Waals surface area (Å²) in [5, 5.41) is 8.37. The van der Waals surface area contributed by atoms with E-state index in [0.717, 1.165) is 43.8 Å². The number of rotatable bonds is 5. The van der Waals surface area contributed by atoms with Gasteiger partial charge in [0.2, 0.25) is 0 Å². The molecule has 21 heavy (non-hydrogen) atoms. The van der Waals surface area contributed by atoms with E-state index in [1.54, 1.807) is 0 Å². The number of nitrogens with one attached hydrogen (secondary N) is 1. The zero-order valence-electron chi connectivity index (χ0n) is 13.4. The van der Waals surface area contributed by atoms with Crippen LogP contribution in [0, 0.1) is 0 Å². The molecule has 0 saturated carbocycles. The smallest absolute Gasteiger partial charge is 0.193 e. The molecule has 1 unspecified atom stereocenters. The Hall–Kier alpha value is -1.17. The van der Waals surface area contributed by atoms with Gasteiger partial charge >= 0.3 is 0 Å². The van der Waals surface area contributed by atoms with Crippen molar-refractivity contribution in [2.24, 2.45) is 12.0 Å². The minimum absolute atomic E-state index is 0.737. The number of aliphatic imine (C=N–C) groups is 1. The van der Waals surface area contributed by atoms with Crippen molar-refractivity contribution in [3.63, 3.8) is 0 Å². The van der Waals surface area contributed by atoms with Crippen LogP contribution in [-0.4, -0.2) is 57.8 Å². The molecule has 2 heterocycles. The molecule has 0 bridgehead atoms. The Morgan fingerprint density at radius 3 is 3.05 bits per heavy atom. The van der Waals surface area contributed by atoms with E-state index in [2.05, 4.69) is 47.1 Å². The van der Waals surface area contributed by atoms with Crippen LogP contribution in [0.15, 0.2) is 17.4 Å². The molecule has 6 heteroatoms. The SMILES string of the molecule is CCNC(=NCCc1cnn(C)c1)N1CCSC(CC)C1. The molecule has 118 valence electrons. The molecule has 1 fully saturated rings. The molecule has 2 rings (SSSR count). The van der Waals surface area contributed by atoms with Gasteiger partial charge in [-0.25, -0.2) is 0 Å². The van der Waals surface area contributed by atoms with Crippen LogP contribution >= 0.6 is 11.8 Å². The third-order valence-electron chi connectivity index (χ3n) is 3.65. The van der Waals surface area contributed by atoms with Gasteiger partial charge in [0, 0.05) is 50.4 Å². The van der Waals surface area contributed by atoms with Gasteiger partial charge in [0.05, 0.1) is 6.20 Å². The highest BCUT2D eigenvalue weighted by atomic mass is 32.2. The van der Waals surface area contributed by atoms with Crippen LogP contribution < -0.4 is 5.32 Å². The Labute approximate surface area is 132 Å². The first kappa shape index (κ1) is 16.2. The average molecular weight is 309 g/mol. The predicted octanol–water partition coefficient (Wildman–Crippen LogP) is 1.76. The Balaban J connectivity index is 1.91. The van der Waals surface area contributed by atoms with Gasteiger partial charge in [0.25, 0.3) is 0 Å². The first-order chi connectivity index (χ1) is 10.2. The molecule has 1 atom stereocenters. The summed E-state index contributed by atoms with van der Waals surface area (Å²) in [6.07, 6.45) is 6.17. The molecule has 1 aromatic heterocycles. The van der Waals surface area contributed by atoms with E-state index in [4.69, 9.17) is 4.99 Å². The number of thioether (sulfide) groups is 1. The minimum Gasteiger partial charge on any atom is -0.357 e. The fraction of sp³-hybridized carbons (Fsp3) is 0.733. The Morgan fingerprint density at radius 1 is 1.52 bits per heavy atom. The van der Waals surface area contributed by atoms with Gasteiger partial charge in [-0.2, -0.15) is 16.9 Å². The summed E-state index contributed by atoms with van der Waals surface area (Å²) in [5.41, 5.74) is 1.25. The van der Waals surface area contributed by atoms with Crippen LogP contribution in [0.2, 0.25) is 0 Å². The standard InChI is InChI=1S/C15H27N5S/c1-4-14-12-20(8-9-21-14)15(16-5-2)17-7-6-13-10-18-19(3)11-13/h10-11,14H,4-9,12H2,1-3H3,(H,16,17). The van der Waals surface area contributed by atoms with E-state index >= 15 is 0 Å². The van der Waals surface area contributed by atoms with Crippen molar-refractivity contribution >= 4 is 17.7 Å². The number of nitrogens with zero attached hydrogens (tertiary/aromatic N) is 4. The second kappa shape index (κ2) is 8.32. The minimum atomic E-state index is 0.737. The second-order valence-electron chi connectivity index (χ2n) is 5.35. The van der Waals surface area contributed by atoms with Crippen molar-refractivity contribution in [3.05, 3.63) is 18.0 Å². The van der Waals surface area contributed by atoms with Crippen molar-refractivity contribution in [2.75, 3.05) is 31.9 Å². The Morgan fingerprint density at radius 2 is 2.38 bits per heavy atom. The van der Waals surface area contributed by atoms with Gasteiger partial charge in [-0.05, 0) is 25.3 Å². The fourth-order valence-corrected chi connectivity index (χ4v) is 3.66. The number of hydrogen-bond donors (Lipinski definition) is 1. The summed E-state index contributed by atoms with van der Waals surface area (Å²) in [7, 11) is 1.95. The highest BCUT2D eigenvalue weighted by molar-refractivity contribution is 8.00. The highest BCUT2D eigenvalue weighted by Crippen LogP contribution is 2.21. The number of aromatic nitrogens is 2. The maximum atomic E-state index is 4.80. The van der Waals surface area contributed by atoms with Crippen molar-refractivity contribution in [3.8, 4) is 0 Å². The molecule has 5 nitrogen and oxygen atoms in total. The van der Waals surface area contributed by atoms with Crippen LogP contribution in [-0.2, 0) is 13.5 Å². The molecule has 0 aliphatic carbocycles. The highest BCUT2D eigenvalue weighted by Gasteiger charge is 2.21. The average Bonchev–Trinajstić information content (AvgIpc) is 2.92. The lowest BCUT2D eigenvalue weighted by molar-refractivity contribution is 0.408. The third-order valence-corrected chi connectivity index (χ3v) is 5.02. The van der Waals surface area contributed by atoms with Gasteiger partial charge in [-0.15, -0.1) is 0 Å². The topological polar surface area (TPSA) is 45.5 Å². The number of guanidine groups is 1. The molecule has 0 spiro atoms. The van der Waals surface area contributed by atoms with E-state index in [1.807, 2.05) is 17.9 Å². The summed E-state index contributed by atoms with van der Waals surface area (Å²) >= 11 is 2.09. The van der Waals surface area contributed by atoms with Gasteiger partial charge in [-0.3, -0.25) is 9.67 Å². The zero-order chi connectivity index (χ0) is 15.1. The fourth-order valence-electron chi connectivity index (χ4n) is 2.48. The molecular formula is C15H27N5S. The molecule has 0 radical (unpaired) electrons. The van der Waals surface area contributed by atoms with Crippen molar-refractivity contribution < 1.29 is 0 Å². The normalized spacial score (nSPS) is 19.9. The van der Waals surface area contributed by atoms with Crippen LogP contribution in [0.5, 0.6) is 0 Å². The van der Waals surface area contributed by atoms with E-state index < -0.39 is 0 Å². The first-order valence-corrected chi connectivity index (χ1v) is 8.90. The van der Waals surface area contributed by atoms with E-state index in [-0.39, 0.29) is 0 Å². The lowest BCUT2D eigenvalue weighted by Crippen LogP contribution is -2.48. The lowest BCUT2D eigenvalue weighted by atomic mass is 10.2. The number of hydrogen-bond acceptors (Lipinski definition) is 3. The predicted molar refractivity (Wildman–Crippen MR) is 91.0 cm³/mol. The molecule has 1 saturated heterocycles. The van der Waals surface area contributed by atoms with E-state index in [0.29, 0.717) is 0 Å². The lowest BCUT2D eigenvalue weighted by Gasteiger charge is -2.34. The van der Waals surface area contributed by atoms with Crippen molar-refractivity contribution in [2.45, 2.75) is 31.9 Å². The van der Waals surface area contributed by atoms with Crippen molar-refractivity contribution in [1.82, 2.24) is 20.0 Å². The molecule has 0 aromatic carbocycles. The van der Waals surface area contributed by atoms with Crippen LogP contribution in [0.1, 0.15) is 25.8 Å². The van der Waals surface area contributed by atoms with Crippen molar-refractivity contribution in [1.29, 1.82) is 0 Å². The maximum absolute atomic E-state index is 4.80. The van der Waals surface area contributed by atoms with Gasteiger partial charge in [0.1, 0.15) is 0 Å². The van der Waals surface area contributed by atoms with Gasteiger partial charge in [0.15, 0.2) is 5.96 Å². The van der Waals surface area contributed by atoms with E-state index in [9.17, 15) is 0 Å². The van der Waals surface area contributed by atoms with Gasteiger partial charge in [-0.1, -0.05) is 6.92 Å². The summed E-state index contributed by atoms with van der Waals surface area (Å²) in [4.78, 5) is 7.21. The van der Waals surface area contributed by atoms with Crippen LogP contribution in [0.4, 0.5) is 0 Å². The Bertz CT molecular complexity index is 457. The molecular weight excluding hydrogens is 282 g/mol. The maximum Gasteiger partial charge on any atom is 0.193 e. The summed E-state index contributed by atoms with van der Waals surface area (Å²) in [5.74, 6) is 2.27. The number of aryl methyl sites for hydroxylation is 1. The third kappa shape index (κ3) is 4.95. The molecule has 0 amide bonds. The Kier molecular flexibility index (Phi) is 6.42. The van der Waals surface area contributed by atoms with E-state index in [1.165, 1.54) is 17.7 Å². The van der Waals surface area contributed by atoms with Crippen LogP contribution in [0.25, 0.3) is 0 Å². The summed E-state index contributed by atoms with van der Waals surface area (Å²) < 4.78 is 1.85. The molecule has 1 aliphatic heterocycles. The largest absolute Gasteiger partial charge is 0.357 e. The first-order valence-electron chi connectivity index (χ1n) is 7.85. The quantitative estimate of drug-likeness (QED) is 0.665. The molecule has 1 aromatic rings. The zero-order valence-corrected chi connectivity index (χ0v) is 14.2. The molecule has 1 N–H and O–H groups in total. The molecule has 1 aliphatic rings.